The Bertz CT molecular complexity index is 607. The van der Waals surface area contributed by atoms with Crippen molar-refractivity contribution in [3.05, 3.63) is 29.5 Å². The van der Waals surface area contributed by atoms with Crippen LogP contribution in [0.5, 0.6) is 0 Å². The first-order chi connectivity index (χ1) is 10.1. The maximum Gasteiger partial charge on any atom is 0.0805 e. The molecule has 3 rings (SSSR count). The number of aromatic nitrogens is 2. The number of aliphatic hydroxyl groups excluding tert-OH is 1. The first-order valence-corrected chi connectivity index (χ1v) is 7.98. The number of piperidine rings is 1. The number of aromatic amines is 1. The number of fused-ring (bicyclic) bond motifs is 1. The van der Waals surface area contributed by atoms with Crippen molar-refractivity contribution in [3.8, 4) is 0 Å². The van der Waals surface area contributed by atoms with Gasteiger partial charge in [-0.2, -0.15) is 5.10 Å². The Morgan fingerprint density at radius 2 is 2.33 bits per heavy atom. The minimum Gasteiger partial charge on any atom is -0.388 e. The molecule has 1 aliphatic heterocycles. The van der Waals surface area contributed by atoms with Gasteiger partial charge in [-0.05, 0) is 55.8 Å². The number of H-pyrrole nitrogens is 1. The van der Waals surface area contributed by atoms with Gasteiger partial charge in [0.2, 0.25) is 0 Å². The summed E-state index contributed by atoms with van der Waals surface area (Å²) < 4.78 is 0. The van der Waals surface area contributed by atoms with Gasteiger partial charge in [0.15, 0.2) is 0 Å². The predicted octanol–water partition coefficient (Wildman–Crippen LogP) is 3.03. The Morgan fingerprint density at radius 3 is 3.14 bits per heavy atom. The molecule has 2 heterocycles. The van der Waals surface area contributed by atoms with Gasteiger partial charge >= 0.3 is 0 Å². The second-order valence-corrected chi connectivity index (χ2v) is 6.46. The topological polar surface area (TPSA) is 52.1 Å². The molecule has 0 aliphatic carbocycles. The van der Waals surface area contributed by atoms with E-state index in [1.807, 2.05) is 18.3 Å². The zero-order chi connectivity index (χ0) is 14.8. The Kier molecular flexibility index (Phi) is 4.27. The summed E-state index contributed by atoms with van der Waals surface area (Å²) in [7, 11) is 0. The molecule has 2 unspecified atom stereocenters. The zero-order valence-electron chi connectivity index (χ0n) is 13.0. The molecule has 1 fully saturated rings. The summed E-state index contributed by atoms with van der Waals surface area (Å²) in [6, 6.07) is 4.04. The number of nitrogens with one attached hydrogen (secondary N) is 1. The summed E-state index contributed by atoms with van der Waals surface area (Å²) >= 11 is 0. The molecule has 0 saturated carbocycles. The first-order valence-electron chi connectivity index (χ1n) is 7.98. The van der Waals surface area contributed by atoms with Crippen LogP contribution < -0.4 is 0 Å². The molecule has 1 saturated heterocycles. The molecule has 1 aliphatic rings. The zero-order valence-corrected chi connectivity index (χ0v) is 13.0. The van der Waals surface area contributed by atoms with E-state index < -0.39 is 0 Å². The molecule has 21 heavy (non-hydrogen) atoms. The highest BCUT2D eigenvalue weighted by Gasteiger charge is 2.18. The van der Waals surface area contributed by atoms with Crippen molar-refractivity contribution in [1.29, 1.82) is 0 Å². The van der Waals surface area contributed by atoms with Gasteiger partial charge in [-0.3, -0.25) is 5.10 Å². The summed E-state index contributed by atoms with van der Waals surface area (Å²) in [5.74, 6) is 0.792. The number of nitrogens with zero attached hydrogens (tertiary/aromatic N) is 2. The van der Waals surface area contributed by atoms with E-state index in [0.29, 0.717) is 0 Å². The smallest absolute Gasteiger partial charge is 0.0805 e. The highest BCUT2D eigenvalue weighted by molar-refractivity contribution is 5.82. The number of hydrogen-bond donors (Lipinski definition) is 2. The van der Waals surface area contributed by atoms with Crippen LogP contribution in [0.1, 0.15) is 43.4 Å². The lowest BCUT2D eigenvalue weighted by atomic mass is 9.97. The highest BCUT2D eigenvalue weighted by Crippen LogP contribution is 2.27. The molecule has 0 amide bonds. The molecule has 4 nitrogen and oxygen atoms in total. The Balaban J connectivity index is 1.66. The Labute approximate surface area is 126 Å². The van der Waals surface area contributed by atoms with Gasteiger partial charge in [0.25, 0.3) is 0 Å². The average molecular weight is 287 g/mol. The summed E-state index contributed by atoms with van der Waals surface area (Å²) in [6.45, 7) is 7.72. The SMILES string of the molecule is Cc1c(C(O)CCN2CCCC(C)C2)ccc2[nH]ncc12. The largest absolute Gasteiger partial charge is 0.388 e. The van der Waals surface area contributed by atoms with Crippen molar-refractivity contribution >= 4 is 10.9 Å². The minimum atomic E-state index is -0.387. The number of likely N-dealkylation sites (tertiary alicyclic amines) is 1. The van der Waals surface area contributed by atoms with Crippen LogP contribution in [0.4, 0.5) is 0 Å². The van der Waals surface area contributed by atoms with E-state index in [9.17, 15) is 5.11 Å². The fraction of sp³-hybridized carbons (Fsp3) is 0.588. The lowest BCUT2D eigenvalue weighted by Gasteiger charge is -2.31. The van der Waals surface area contributed by atoms with Crippen LogP contribution in [0.15, 0.2) is 18.3 Å². The third-order valence-electron chi connectivity index (χ3n) is 4.75. The number of aryl methyl sites for hydroxylation is 1. The number of aliphatic hydroxyl groups is 1. The van der Waals surface area contributed by atoms with Crippen molar-refractivity contribution in [3.63, 3.8) is 0 Å². The van der Waals surface area contributed by atoms with Gasteiger partial charge in [0, 0.05) is 18.5 Å². The third kappa shape index (κ3) is 3.11. The normalized spacial score (nSPS) is 21.8. The lowest BCUT2D eigenvalue weighted by Crippen LogP contribution is -2.35. The van der Waals surface area contributed by atoms with Crippen LogP contribution in [0.2, 0.25) is 0 Å². The minimum absolute atomic E-state index is 0.387. The van der Waals surface area contributed by atoms with Crippen LogP contribution in [0.3, 0.4) is 0 Å². The maximum absolute atomic E-state index is 10.5. The summed E-state index contributed by atoms with van der Waals surface area (Å²) in [4.78, 5) is 2.49. The molecule has 1 aromatic carbocycles. The van der Waals surface area contributed by atoms with Crippen LogP contribution in [0, 0.1) is 12.8 Å². The molecule has 1 aromatic heterocycles. The third-order valence-corrected chi connectivity index (χ3v) is 4.75. The maximum atomic E-state index is 10.5. The van der Waals surface area contributed by atoms with E-state index in [1.165, 1.54) is 25.9 Å². The molecule has 4 heteroatoms. The number of benzene rings is 1. The molecule has 2 N–H and O–H groups in total. The molecule has 2 aromatic rings. The summed E-state index contributed by atoms with van der Waals surface area (Å²) in [5, 5.41) is 18.7. The van der Waals surface area contributed by atoms with E-state index in [-0.39, 0.29) is 6.10 Å². The van der Waals surface area contributed by atoms with Gasteiger partial charge in [-0.25, -0.2) is 0 Å². The predicted molar refractivity (Wildman–Crippen MR) is 85.2 cm³/mol. The number of hydrogen-bond acceptors (Lipinski definition) is 3. The second-order valence-electron chi connectivity index (χ2n) is 6.46. The molecule has 0 bridgehead atoms. The summed E-state index contributed by atoms with van der Waals surface area (Å²) in [6.07, 6.45) is 4.89. The van der Waals surface area contributed by atoms with Gasteiger partial charge < -0.3 is 10.0 Å². The van der Waals surface area contributed by atoms with Gasteiger partial charge in [0.05, 0.1) is 17.8 Å². The van der Waals surface area contributed by atoms with Crippen molar-refractivity contribution in [2.45, 2.75) is 39.2 Å². The quantitative estimate of drug-likeness (QED) is 0.909. The van der Waals surface area contributed by atoms with E-state index in [4.69, 9.17) is 0 Å². The molecular weight excluding hydrogens is 262 g/mol. The Morgan fingerprint density at radius 1 is 1.48 bits per heavy atom. The van der Waals surface area contributed by atoms with Crippen LogP contribution >= 0.6 is 0 Å². The monoisotopic (exact) mass is 287 g/mol. The van der Waals surface area contributed by atoms with E-state index in [0.717, 1.165) is 40.9 Å². The van der Waals surface area contributed by atoms with Crippen LogP contribution in [0.25, 0.3) is 10.9 Å². The lowest BCUT2D eigenvalue weighted by molar-refractivity contribution is 0.121. The second kappa shape index (κ2) is 6.16. The highest BCUT2D eigenvalue weighted by atomic mass is 16.3. The van der Waals surface area contributed by atoms with Gasteiger partial charge in [0.1, 0.15) is 0 Å². The summed E-state index contributed by atoms with van der Waals surface area (Å²) in [5.41, 5.74) is 3.21. The number of rotatable bonds is 4. The molecule has 0 radical (unpaired) electrons. The average Bonchev–Trinajstić information content (AvgIpc) is 2.95. The first kappa shape index (κ1) is 14.5. The van der Waals surface area contributed by atoms with Crippen molar-refractivity contribution in [1.82, 2.24) is 15.1 Å². The molecule has 114 valence electrons. The van der Waals surface area contributed by atoms with E-state index >= 15 is 0 Å². The Hall–Kier alpha value is -1.39. The van der Waals surface area contributed by atoms with E-state index in [1.54, 1.807) is 0 Å². The van der Waals surface area contributed by atoms with Crippen molar-refractivity contribution in [2.75, 3.05) is 19.6 Å². The van der Waals surface area contributed by atoms with Gasteiger partial charge in [-0.1, -0.05) is 13.0 Å². The standard InChI is InChI=1S/C17H25N3O/c1-12-4-3-8-20(11-12)9-7-17(21)14-5-6-16-15(13(14)2)10-18-19-16/h5-6,10,12,17,21H,3-4,7-9,11H2,1-2H3,(H,18,19). The molecular formula is C17H25N3O. The molecule has 0 spiro atoms. The van der Waals surface area contributed by atoms with Crippen molar-refractivity contribution in [2.24, 2.45) is 5.92 Å². The van der Waals surface area contributed by atoms with Crippen LogP contribution in [-0.4, -0.2) is 39.8 Å². The van der Waals surface area contributed by atoms with E-state index in [2.05, 4.69) is 28.9 Å². The fourth-order valence-electron chi connectivity index (χ4n) is 3.49. The van der Waals surface area contributed by atoms with Gasteiger partial charge in [-0.15, -0.1) is 0 Å². The van der Waals surface area contributed by atoms with Crippen LogP contribution in [-0.2, 0) is 0 Å². The molecule has 2 atom stereocenters. The van der Waals surface area contributed by atoms with Crippen molar-refractivity contribution < 1.29 is 5.11 Å². The fourth-order valence-corrected chi connectivity index (χ4v) is 3.49.